The lowest BCUT2D eigenvalue weighted by atomic mass is 10.1. The van der Waals surface area contributed by atoms with Crippen molar-refractivity contribution in [3.8, 4) is 11.1 Å². The van der Waals surface area contributed by atoms with E-state index >= 15 is 0 Å². The average Bonchev–Trinajstić information content (AvgIpc) is 2.48. The monoisotopic (exact) mass is 326 g/mol. The van der Waals surface area contributed by atoms with Crippen LogP contribution in [0.1, 0.15) is 11.9 Å². The van der Waals surface area contributed by atoms with E-state index in [1.54, 1.807) is 0 Å². The molecule has 20 heavy (non-hydrogen) atoms. The molecule has 3 rings (SSSR count). The number of halogens is 2. The summed E-state index contributed by atoms with van der Waals surface area (Å²) < 4.78 is 5.66. The minimum Gasteiger partial charge on any atom is -0.368 e. The van der Waals surface area contributed by atoms with E-state index in [4.69, 9.17) is 27.9 Å². The van der Waals surface area contributed by atoms with Crippen LogP contribution in [-0.4, -0.2) is 28.1 Å². The summed E-state index contributed by atoms with van der Waals surface area (Å²) in [6, 6.07) is 9.66. The van der Waals surface area contributed by atoms with Crippen molar-refractivity contribution in [1.82, 2.24) is 9.97 Å². The van der Waals surface area contributed by atoms with Crippen LogP contribution >= 0.6 is 35.0 Å². The van der Waals surface area contributed by atoms with Crippen LogP contribution in [0.2, 0.25) is 10.3 Å². The third kappa shape index (κ3) is 2.93. The van der Waals surface area contributed by atoms with Crippen molar-refractivity contribution in [1.29, 1.82) is 0 Å². The molecule has 0 amide bonds. The number of rotatable bonds is 2. The molecule has 1 aliphatic rings. The first kappa shape index (κ1) is 14.1. The Morgan fingerprint density at radius 1 is 1.10 bits per heavy atom. The Morgan fingerprint density at radius 3 is 2.40 bits per heavy atom. The molecule has 1 aromatic carbocycles. The van der Waals surface area contributed by atoms with Crippen LogP contribution in [0, 0.1) is 0 Å². The highest BCUT2D eigenvalue weighted by Crippen LogP contribution is 2.34. The van der Waals surface area contributed by atoms with Crippen molar-refractivity contribution >= 4 is 35.0 Å². The number of hydrogen-bond acceptors (Lipinski definition) is 4. The summed E-state index contributed by atoms with van der Waals surface area (Å²) in [5.41, 5.74) is 1.58. The van der Waals surface area contributed by atoms with Crippen LogP contribution in [-0.2, 0) is 4.74 Å². The molecular weight excluding hydrogens is 315 g/mol. The third-order valence-corrected chi connectivity index (χ3v) is 4.55. The number of ether oxygens (including phenoxy) is 1. The van der Waals surface area contributed by atoms with Gasteiger partial charge < -0.3 is 4.74 Å². The molecule has 2 heterocycles. The average molecular weight is 327 g/mol. The fourth-order valence-electron chi connectivity index (χ4n) is 2.05. The van der Waals surface area contributed by atoms with E-state index < -0.39 is 0 Å². The number of nitrogens with zero attached hydrogens (tertiary/aromatic N) is 2. The number of benzene rings is 1. The van der Waals surface area contributed by atoms with Gasteiger partial charge in [-0.05, 0) is 5.56 Å². The van der Waals surface area contributed by atoms with E-state index in [1.165, 1.54) is 0 Å². The normalized spacial score (nSPS) is 19.0. The van der Waals surface area contributed by atoms with Gasteiger partial charge in [0.15, 0.2) is 5.82 Å². The summed E-state index contributed by atoms with van der Waals surface area (Å²) >= 11 is 14.4. The summed E-state index contributed by atoms with van der Waals surface area (Å²) in [6.07, 6.45) is -0.131. The van der Waals surface area contributed by atoms with Crippen LogP contribution < -0.4 is 0 Å². The molecule has 0 saturated carbocycles. The first-order chi connectivity index (χ1) is 9.75. The fourth-order valence-corrected chi connectivity index (χ4v) is 3.51. The molecule has 1 unspecified atom stereocenters. The lowest BCUT2D eigenvalue weighted by molar-refractivity contribution is 0.0694. The zero-order valence-corrected chi connectivity index (χ0v) is 12.9. The molecule has 2 aromatic rings. The molecule has 1 aromatic heterocycles. The van der Waals surface area contributed by atoms with Gasteiger partial charge in [0.25, 0.3) is 0 Å². The van der Waals surface area contributed by atoms with Crippen LogP contribution in [0.5, 0.6) is 0 Å². The van der Waals surface area contributed by atoms with Gasteiger partial charge in [0.1, 0.15) is 16.4 Å². The second kappa shape index (κ2) is 6.31. The molecule has 1 fully saturated rings. The minimum absolute atomic E-state index is 0.131. The third-order valence-electron chi connectivity index (χ3n) is 3.00. The first-order valence-corrected chi connectivity index (χ1v) is 8.14. The molecule has 6 heteroatoms. The highest BCUT2D eigenvalue weighted by molar-refractivity contribution is 7.99. The first-order valence-electron chi connectivity index (χ1n) is 6.23. The Bertz CT molecular complexity index is 580. The van der Waals surface area contributed by atoms with Gasteiger partial charge in [-0.15, -0.1) is 0 Å². The molecule has 0 radical (unpaired) electrons. The molecule has 3 nitrogen and oxygen atoms in total. The van der Waals surface area contributed by atoms with Crippen LogP contribution in [0.4, 0.5) is 0 Å². The Hall–Kier alpha value is -0.810. The lowest BCUT2D eigenvalue weighted by Crippen LogP contribution is -2.18. The van der Waals surface area contributed by atoms with E-state index in [0.29, 0.717) is 28.3 Å². The molecule has 104 valence electrons. The van der Waals surface area contributed by atoms with Crippen LogP contribution in [0.15, 0.2) is 30.3 Å². The zero-order chi connectivity index (χ0) is 13.9. The van der Waals surface area contributed by atoms with Crippen molar-refractivity contribution in [2.45, 2.75) is 6.10 Å². The molecular formula is C14H12Cl2N2OS. The maximum Gasteiger partial charge on any atom is 0.161 e. The van der Waals surface area contributed by atoms with Gasteiger partial charge in [-0.1, -0.05) is 53.5 Å². The van der Waals surface area contributed by atoms with E-state index in [9.17, 15) is 0 Å². The summed E-state index contributed by atoms with van der Waals surface area (Å²) in [5.74, 6) is 2.39. The van der Waals surface area contributed by atoms with Crippen molar-refractivity contribution in [2.75, 3.05) is 18.1 Å². The SMILES string of the molecule is Clc1nc(C2CSCCO2)nc(Cl)c1-c1ccccc1. The molecule has 0 aliphatic carbocycles. The topological polar surface area (TPSA) is 35.0 Å². The number of aromatic nitrogens is 2. The second-order valence-corrected chi connectivity index (χ2v) is 6.20. The highest BCUT2D eigenvalue weighted by atomic mass is 35.5. The standard InChI is InChI=1S/C14H12Cl2N2OS/c15-12-11(9-4-2-1-3-5-9)13(16)18-14(17-12)10-8-20-7-6-19-10/h1-5,10H,6-8H2. The number of hydrogen-bond donors (Lipinski definition) is 0. The van der Waals surface area contributed by atoms with E-state index in [1.807, 2.05) is 42.1 Å². The van der Waals surface area contributed by atoms with Crippen molar-refractivity contribution in [2.24, 2.45) is 0 Å². The molecule has 0 N–H and O–H groups in total. The van der Waals surface area contributed by atoms with E-state index in [2.05, 4.69) is 9.97 Å². The van der Waals surface area contributed by atoms with Gasteiger partial charge in [-0.3, -0.25) is 0 Å². The van der Waals surface area contributed by atoms with Gasteiger partial charge in [-0.2, -0.15) is 11.8 Å². The van der Waals surface area contributed by atoms with Gasteiger partial charge in [0, 0.05) is 11.5 Å². The lowest BCUT2D eigenvalue weighted by Gasteiger charge is -2.21. The predicted molar refractivity (Wildman–Crippen MR) is 83.5 cm³/mol. The molecule has 0 bridgehead atoms. The Balaban J connectivity index is 1.98. The quantitative estimate of drug-likeness (QED) is 0.772. The molecule has 0 spiro atoms. The van der Waals surface area contributed by atoms with Gasteiger partial charge >= 0.3 is 0 Å². The smallest absolute Gasteiger partial charge is 0.161 e. The zero-order valence-electron chi connectivity index (χ0n) is 10.6. The second-order valence-electron chi connectivity index (χ2n) is 4.34. The van der Waals surface area contributed by atoms with Gasteiger partial charge in [-0.25, -0.2) is 9.97 Å². The maximum atomic E-state index is 6.29. The Kier molecular flexibility index (Phi) is 4.46. The van der Waals surface area contributed by atoms with Gasteiger partial charge in [0.2, 0.25) is 0 Å². The molecule has 1 saturated heterocycles. The largest absolute Gasteiger partial charge is 0.368 e. The van der Waals surface area contributed by atoms with Crippen LogP contribution in [0.25, 0.3) is 11.1 Å². The molecule has 1 aliphatic heterocycles. The van der Waals surface area contributed by atoms with E-state index in [0.717, 1.165) is 17.1 Å². The fraction of sp³-hybridized carbons (Fsp3) is 0.286. The summed E-state index contributed by atoms with van der Waals surface area (Å²) in [5, 5.41) is 0.732. The van der Waals surface area contributed by atoms with Gasteiger partial charge in [0.05, 0.1) is 12.2 Å². The van der Waals surface area contributed by atoms with Crippen molar-refractivity contribution in [3.63, 3.8) is 0 Å². The predicted octanol–water partition coefficient (Wildman–Crippen LogP) is 4.25. The minimum atomic E-state index is -0.131. The number of thioether (sulfide) groups is 1. The maximum absolute atomic E-state index is 6.29. The van der Waals surface area contributed by atoms with E-state index in [-0.39, 0.29) is 6.10 Å². The summed E-state index contributed by atoms with van der Waals surface area (Å²) in [4.78, 5) is 8.73. The van der Waals surface area contributed by atoms with Crippen molar-refractivity contribution in [3.05, 3.63) is 46.5 Å². The Labute approximate surface area is 131 Å². The van der Waals surface area contributed by atoms with Crippen LogP contribution in [0.3, 0.4) is 0 Å². The van der Waals surface area contributed by atoms with Crippen molar-refractivity contribution < 1.29 is 4.74 Å². The Morgan fingerprint density at radius 2 is 1.80 bits per heavy atom. The summed E-state index contributed by atoms with van der Waals surface area (Å²) in [7, 11) is 0. The highest BCUT2D eigenvalue weighted by Gasteiger charge is 2.22. The summed E-state index contributed by atoms with van der Waals surface area (Å²) in [6.45, 7) is 0.703. The molecule has 1 atom stereocenters.